The van der Waals surface area contributed by atoms with Gasteiger partial charge in [0.2, 0.25) is 11.8 Å². The number of nitrogens with zero attached hydrogens (tertiary/aromatic N) is 2. The normalized spacial score (nSPS) is 16.7. The van der Waals surface area contributed by atoms with Gasteiger partial charge in [-0.15, -0.1) is 0 Å². The molecule has 0 saturated carbocycles. The van der Waals surface area contributed by atoms with Gasteiger partial charge in [0.05, 0.1) is 0 Å². The lowest BCUT2D eigenvalue weighted by Crippen LogP contribution is -2.30. The first-order valence-electron chi connectivity index (χ1n) is 7.30. The summed E-state index contributed by atoms with van der Waals surface area (Å²) < 4.78 is 2.08. The van der Waals surface area contributed by atoms with Crippen LogP contribution in [0.2, 0.25) is 0 Å². The number of amides is 2. The predicted molar refractivity (Wildman–Crippen MR) is 83.4 cm³/mol. The molecule has 114 valence electrons. The molecule has 1 aliphatic rings. The van der Waals surface area contributed by atoms with Crippen LogP contribution in [0.1, 0.15) is 19.2 Å². The molecule has 0 saturated heterocycles. The fourth-order valence-corrected chi connectivity index (χ4v) is 2.70. The van der Waals surface area contributed by atoms with Crippen molar-refractivity contribution in [3.63, 3.8) is 0 Å². The summed E-state index contributed by atoms with van der Waals surface area (Å²) in [6, 6.07) is 7.15. The average Bonchev–Trinajstić information content (AvgIpc) is 2.94. The van der Waals surface area contributed by atoms with Crippen LogP contribution < -0.4 is 10.6 Å². The summed E-state index contributed by atoms with van der Waals surface area (Å²) in [5.74, 6) is 0.745. The van der Waals surface area contributed by atoms with Crippen molar-refractivity contribution in [1.82, 2.24) is 9.55 Å². The molecule has 0 spiro atoms. The summed E-state index contributed by atoms with van der Waals surface area (Å²) >= 11 is 0. The molecule has 6 nitrogen and oxygen atoms in total. The third-order valence-corrected chi connectivity index (χ3v) is 3.77. The van der Waals surface area contributed by atoms with Gasteiger partial charge in [0.15, 0.2) is 0 Å². The van der Waals surface area contributed by atoms with Crippen LogP contribution in [-0.4, -0.2) is 21.4 Å². The Hall–Kier alpha value is -2.63. The maximum Gasteiger partial charge on any atom is 0.228 e. The number of aromatic nitrogens is 2. The largest absolute Gasteiger partial charge is 0.335 e. The number of fused-ring (bicyclic) bond motifs is 1. The second kappa shape index (κ2) is 6.01. The van der Waals surface area contributed by atoms with Gasteiger partial charge in [-0.25, -0.2) is 4.98 Å². The van der Waals surface area contributed by atoms with E-state index in [-0.39, 0.29) is 17.7 Å². The third kappa shape index (κ3) is 3.16. The highest BCUT2D eigenvalue weighted by Crippen LogP contribution is 2.22. The molecule has 0 fully saturated rings. The molecule has 1 aromatic heterocycles. The summed E-state index contributed by atoms with van der Waals surface area (Å²) in [6.07, 6.45) is 5.18. The third-order valence-electron chi connectivity index (χ3n) is 3.77. The van der Waals surface area contributed by atoms with Crippen LogP contribution in [0.15, 0.2) is 36.7 Å². The van der Waals surface area contributed by atoms with Gasteiger partial charge in [-0.1, -0.05) is 6.07 Å². The van der Waals surface area contributed by atoms with E-state index in [1.807, 2.05) is 12.3 Å². The minimum atomic E-state index is -0.136. The molecule has 1 unspecified atom stereocenters. The van der Waals surface area contributed by atoms with E-state index in [1.54, 1.807) is 24.4 Å². The van der Waals surface area contributed by atoms with Crippen molar-refractivity contribution in [3.8, 4) is 0 Å². The fraction of sp³-hybridized carbons (Fsp3) is 0.312. The van der Waals surface area contributed by atoms with Crippen LogP contribution in [0.3, 0.4) is 0 Å². The van der Waals surface area contributed by atoms with E-state index in [4.69, 9.17) is 0 Å². The van der Waals surface area contributed by atoms with E-state index in [1.165, 1.54) is 6.92 Å². The fourth-order valence-electron chi connectivity index (χ4n) is 2.70. The van der Waals surface area contributed by atoms with E-state index >= 15 is 0 Å². The molecule has 0 aliphatic carbocycles. The molecule has 3 rings (SSSR count). The van der Waals surface area contributed by atoms with Crippen LogP contribution >= 0.6 is 0 Å². The number of anilines is 2. The van der Waals surface area contributed by atoms with Gasteiger partial charge >= 0.3 is 0 Å². The van der Waals surface area contributed by atoms with Crippen LogP contribution in [-0.2, 0) is 22.6 Å². The van der Waals surface area contributed by atoms with Crippen molar-refractivity contribution in [1.29, 1.82) is 0 Å². The van der Waals surface area contributed by atoms with Gasteiger partial charge in [0, 0.05) is 49.6 Å². The van der Waals surface area contributed by atoms with Gasteiger partial charge in [-0.3, -0.25) is 9.59 Å². The average molecular weight is 298 g/mol. The molecular weight excluding hydrogens is 280 g/mol. The van der Waals surface area contributed by atoms with Crippen molar-refractivity contribution in [3.05, 3.63) is 42.5 Å². The number of hydrogen-bond donors (Lipinski definition) is 2. The maximum atomic E-state index is 12.4. The second-order valence-corrected chi connectivity index (χ2v) is 5.48. The summed E-state index contributed by atoms with van der Waals surface area (Å²) in [5.41, 5.74) is 1.36. The first-order chi connectivity index (χ1) is 10.6. The van der Waals surface area contributed by atoms with E-state index in [9.17, 15) is 9.59 Å². The topological polar surface area (TPSA) is 76.0 Å². The van der Waals surface area contributed by atoms with Gasteiger partial charge in [0.1, 0.15) is 5.82 Å². The molecule has 2 amide bonds. The smallest absolute Gasteiger partial charge is 0.228 e. The summed E-state index contributed by atoms with van der Waals surface area (Å²) in [5, 5.41) is 5.62. The van der Waals surface area contributed by atoms with Crippen molar-refractivity contribution >= 4 is 23.2 Å². The maximum absolute atomic E-state index is 12.4. The molecule has 6 heteroatoms. The molecule has 0 bridgehead atoms. The Morgan fingerprint density at radius 2 is 2.05 bits per heavy atom. The molecule has 1 atom stereocenters. The second-order valence-electron chi connectivity index (χ2n) is 5.48. The first kappa shape index (κ1) is 14.3. The van der Waals surface area contributed by atoms with Crippen LogP contribution in [0.25, 0.3) is 0 Å². The minimum absolute atomic E-state index is 0.00535. The lowest BCUT2D eigenvalue weighted by atomic mass is 9.97. The van der Waals surface area contributed by atoms with Crippen LogP contribution in [0.4, 0.5) is 11.4 Å². The van der Waals surface area contributed by atoms with E-state index in [0.717, 1.165) is 18.8 Å². The number of carbonyl (C=O) groups is 2. The standard InChI is InChI=1S/C16H18N4O2/c1-11(21)18-13-3-2-4-14(10-13)19-16(22)12-5-7-20-8-6-17-15(20)9-12/h2-4,6,8,10,12H,5,7,9H2,1H3,(H,18,21)(H,19,22). The van der Waals surface area contributed by atoms with Crippen molar-refractivity contribution in [2.75, 3.05) is 10.6 Å². The van der Waals surface area contributed by atoms with Gasteiger partial charge < -0.3 is 15.2 Å². The number of imidazole rings is 1. The van der Waals surface area contributed by atoms with Gasteiger partial charge in [-0.2, -0.15) is 0 Å². The lowest BCUT2D eigenvalue weighted by molar-refractivity contribution is -0.120. The first-order valence-corrected chi connectivity index (χ1v) is 7.30. The summed E-state index contributed by atoms with van der Waals surface area (Å²) in [6.45, 7) is 2.27. The predicted octanol–water partition coefficient (Wildman–Crippen LogP) is 2.04. The zero-order chi connectivity index (χ0) is 15.5. The van der Waals surface area contributed by atoms with Crippen LogP contribution in [0.5, 0.6) is 0 Å². The van der Waals surface area contributed by atoms with Crippen molar-refractivity contribution in [2.24, 2.45) is 5.92 Å². The molecule has 2 N–H and O–H groups in total. The molecule has 2 heterocycles. The van der Waals surface area contributed by atoms with Crippen molar-refractivity contribution in [2.45, 2.75) is 26.3 Å². The number of carbonyl (C=O) groups excluding carboxylic acids is 2. The molecular formula is C16H18N4O2. The number of nitrogens with one attached hydrogen (secondary N) is 2. The van der Waals surface area contributed by atoms with Crippen LogP contribution in [0, 0.1) is 5.92 Å². The highest BCUT2D eigenvalue weighted by atomic mass is 16.2. The van der Waals surface area contributed by atoms with Gasteiger partial charge in [-0.05, 0) is 24.6 Å². The summed E-state index contributed by atoms with van der Waals surface area (Å²) in [7, 11) is 0. The number of rotatable bonds is 3. The summed E-state index contributed by atoms with van der Waals surface area (Å²) in [4.78, 5) is 27.8. The highest BCUT2D eigenvalue weighted by molar-refractivity contribution is 5.94. The number of hydrogen-bond acceptors (Lipinski definition) is 3. The Labute approximate surface area is 128 Å². The Morgan fingerprint density at radius 3 is 2.82 bits per heavy atom. The molecule has 0 radical (unpaired) electrons. The van der Waals surface area contributed by atoms with Crippen molar-refractivity contribution < 1.29 is 9.59 Å². The Bertz CT molecular complexity index is 708. The Morgan fingerprint density at radius 1 is 1.27 bits per heavy atom. The number of benzene rings is 1. The van der Waals surface area contributed by atoms with E-state index in [0.29, 0.717) is 17.8 Å². The SMILES string of the molecule is CC(=O)Nc1cccc(NC(=O)C2CCn3ccnc3C2)c1. The molecule has 2 aromatic rings. The highest BCUT2D eigenvalue weighted by Gasteiger charge is 2.25. The van der Waals surface area contributed by atoms with E-state index in [2.05, 4.69) is 20.2 Å². The zero-order valence-corrected chi connectivity index (χ0v) is 12.4. The molecule has 22 heavy (non-hydrogen) atoms. The van der Waals surface area contributed by atoms with E-state index < -0.39 is 0 Å². The molecule has 1 aliphatic heterocycles. The number of aryl methyl sites for hydroxylation is 1. The Kier molecular flexibility index (Phi) is 3.91. The quantitative estimate of drug-likeness (QED) is 0.910. The monoisotopic (exact) mass is 298 g/mol. The lowest BCUT2D eigenvalue weighted by Gasteiger charge is -2.22. The minimum Gasteiger partial charge on any atom is -0.335 e. The molecule has 1 aromatic carbocycles. The van der Waals surface area contributed by atoms with Gasteiger partial charge in [0.25, 0.3) is 0 Å². The zero-order valence-electron chi connectivity index (χ0n) is 12.4. The Balaban J connectivity index is 1.66.